The molecule has 216 valence electrons. The van der Waals surface area contributed by atoms with Crippen LogP contribution in [0.1, 0.15) is 0 Å². The van der Waals surface area contributed by atoms with Crippen molar-refractivity contribution >= 4 is 50.9 Å². The van der Waals surface area contributed by atoms with Gasteiger partial charge in [-0.05, 0) is 121 Å². The smallest absolute Gasteiger partial charge is 0.326 e. The van der Waals surface area contributed by atoms with E-state index in [9.17, 15) is 0 Å². The van der Waals surface area contributed by atoms with Gasteiger partial charge in [0, 0.05) is 19.6 Å². The summed E-state index contributed by atoms with van der Waals surface area (Å²) in [6, 6.07) is 52.7. The largest absolute Gasteiger partial charge is 0.435 e. The number of benzene rings is 6. The molecule has 13 rings (SSSR count). The van der Waals surface area contributed by atoms with Crippen LogP contribution in [0.5, 0.6) is 23.0 Å². The first-order valence-electron chi connectivity index (χ1n) is 13.9. The number of hydrogen-bond acceptors (Lipinski definition) is 6. The van der Waals surface area contributed by atoms with Crippen molar-refractivity contribution in [2.24, 2.45) is 0 Å². The molecule has 0 aromatic heterocycles. The molecule has 44 heavy (non-hydrogen) atoms. The molecule has 0 spiro atoms. The molecule has 0 unspecified atom stereocenters. The van der Waals surface area contributed by atoms with Crippen LogP contribution in [0.2, 0.25) is 0 Å². The topological polar surface area (TPSA) is 36.9 Å². The van der Waals surface area contributed by atoms with Gasteiger partial charge >= 0.3 is 16.8 Å². The van der Waals surface area contributed by atoms with E-state index in [1.165, 1.54) is 0 Å². The molecule has 0 aliphatic carbocycles. The predicted molar refractivity (Wildman–Crippen MR) is 183 cm³/mol. The van der Waals surface area contributed by atoms with Gasteiger partial charge in [-0.2, -0.15) is 0 Å². The van der Waals surface area contributed by atoms with E-state index in [0.717, 1.165) is 53.2 Å². The lowest BCUT2D eigenvalue weighted by molar-refractivity contribution is 0.501. The summed E-state index contributed by atoms with van der Waals surface area (Å²) >= 11 is 3.36. The van der Waals surface area contributed by atoms with E-state index >= 15 is 0 Å². The van der Waals surface area contributed by atoms with E-state index in [1.54, 1.807) is 23.5 Å². The fraction of sp³-hybridized carbons (Fsp3) is 0. The van der Waals surface area contributed by atoms with Gasteiger partial charge in [-0.15, -0.1) is 0 Å². The molecular weight excluding hydrogens is 622 g/mol. The van der Waals surface area contributed by atoms with Gasteiger partial charge in [-0.25, -0.2) is 0 Å². The maximum absolute atomic E-state index is 6.43. The molecule has 8 heteroatoms. The van der Waals surface area contributed by atoms with Crippen LogP contribution in [-0.4, -0.2) is 0 Å². The Morgan fingerprint density at radius 1 is 0.295 bits per heavy atom. The van der Waals surface area contributed by atoms with Crippen molar-refractivity contribution < 1.29 is 18.1 Å². The highest BCUT2D eigenvalue weighted by atomic mass is 32.2. The zero-order valence-corrected chi connectivity index (χ0v) is 26.8. The average molecular weight is 649 g/mol. The van der Waals surface area contributed by atoms with Crippen LogP contribution in [-0.2, 0) is 0 Å². The van der Waals surface area contributed by atoms with Crippen molar-refractivity contribution in [3.05, 3.63) is 158 Å². The molecule has 6 aromatic carbocycles. The van der Waals surface area contributed by atoms with Crippen LogP contribution in [0.25, 0.3) is 0 Å². The molecule has 0 saturated carbocycles. The van der Waals surface area contributed by atoms with E-state index in [0.29, 0.717) is 0 Å². The Labute approximate surface area is 268 Å². The fourth-order valence-corrected chi connectivity index (χ4v) is 8.49. The quantitative estimate of drug-likeness (QED) is 0.174. The van der Waals surface area contributed by atoms with Crippen LogP contribution in [0.15, 0.2) is 177 Å². The molecule has 8 bridgehead atoms. The summed E-state index contributed by atoms with van der Waals surface area (Å²) in [6.45, 7) is 0. The van der Waals surface area contributed by atoms with E-state index in [-0.39, 0.29) is 0 Å². The molecule has 0 N–H and O–H groups in total. The Kier molecular flexibility index (Phi) is 9.04. The standard InChI is InChI=1S/C36H26O4P2S2/c1-3-7-31(8-4-1)41-37-27-11-19-33(20-12-27)43-35-23-15-29(16-24-35)39-42(32-9-5-2-6-10-32)40-30-17-25-36(26-18-30)44-34-21-13-28(38-41)14-22-34/h1-26H. The predicted octanol–water partition coefficient (Wildman–Crippen LogP) is 10.5. The van der Waals surface area contributed by atoms with E-state index in [4.69, 9.17) is 18.1 Å². The molecular formula is C36H26O4P2S2. The summed E-state index contributed by atoms with van der Waals surface area (Å²) < 4.78 is 25.7. The summed E-state index contributed by atoms with van der Waals surface area (Å²) in [6.07, 6.45) is 0. The third-order valence-electron chi connectivity index (χ3n) is 6.45. The summed E-state index contributed by atoms with van der Waals surface area (Å²) in [4.78, 5) is 4.43. The summed E-state index contributed by atoms with van der Waals surface area (Å²) in [5.74, 6) is 3.03. The Hall–Kier alpha value is -3.92. The molecule has 0 atom stereocenters. The summed E-state index contributed by atoms with van der Waals surface area (Å²) in [7, 11) is -2.77. The zero-order chi connectivity index (χ0) is 29.6. The lowest BCUT2D eigenvalue weighted by atomic mass is 10.3. The minimum absolute atomic E-state index is 0.757. The molecule has 4 nitrogen and oxygen atoms in total. The molecule has 7 heterocycles. The third kappa shape index (κ3) is 7.41. The SMILES string of the molecule is c1ccc(P2Oc3ccc(cc3)Sc3ccc(cc3)OP(c3ccccc3)Oc3ccc(cc3)Sc3ccc(cc3)O2)cc1. The molecule has 0 fully saturated rings. The van der Waals surface area contributed by atoms with Gasteiger partial charge in [0.15, 0.2) is 0 Å². The van der Waals surface area contributed by atoms with E-state index in [1.807, 2.05) is 109 Å². The lowest BCUT2D eigenvalue weighted by Gasteiger charge is -2.20. The Morgan fingerprint density at radius 3 is 0.795 bits per heavy atom. The van der Waals surface area contributed by atoms with Gasteiger partial charge in [0.05, 0.1) is 10.6 Å². The van der Waals surface area contributed by atoms with Crippen molar-refractivity contribution in [3.8, 4) is 23.0 Å². The molecule has 0 radical (unpaired) electrons. The first-order chi connectivity index (χ1) is 21.7. The van der Waals surface area contributed by atoms with Crippen LogP contribution >= 0.6 is 40.3 Å². The van der Waals surface area contributed by atoms with Gasteiger partial charge < -0.3 is 18.1 Å². The van der Waals surface area contributed by atoms with Gasteiger partial charge in [-0.1, -0.05) is 59.9 Å². The Balaban J connectivity index is 1.21. The maximum atomic E-state index is 6.43. The minimum Gasteiger partial charge on any atom is -0.435 e. The Bertz CT molecular complexity index is 1560. The van der Waals surface area contributed by atoms with Crippen molar-refractivity contribution in [3.63, 3.8) is 0 Å². The minimum atomic E-state index is -1.39. The second-order valence-corrected chi connectivity index (χ2v) is 14.7. The van der Waals surface area contributed by atoms with Crippen molar-refractivity contribution in [1.29, 1.82) is 0 Å². The van der Waals surface area contributed by atoms with Gasteiger partial charge in [0.25, 0.3) is 0 Å². The van der Waals surface area contributed by atoms with Crippen molar-refractivity contribution in [2.45, 2.75) is 19.6 Å². The van der Waals surface area contributed by atoms with Crippen LogP contribution in [0.3, 0.4) is 0 Å². The third-order valence-corrected chi connectivity index (χ3v) is 11.4. The molecule has 0 amide bonds. The summed E-state index contributed by atoms with van der Waals surface area (Å²) in [5.41, 5.74) is 0. The van der Waals surface area contributed by atoms with Crippen LogP contribution < -0.4 is 28.7 Å². The highest BCUT2D eigenvalue weighted by molar-refractivity contribution is 7.99. The van der Waals surface area contributed by atoms with Crippen molar-refractivity contribution in [2.75, 3.05) is 0 Å². The highest BCUT2D eigenvalue weighted by Gasteiger charge is 2.20. The monoisotopic (exact) mass is 648 g/mol. The zero-order valence-electron chi connectivity index (χ0n) is 23.4. The molecule has 7 aliphatic heterocycles. The fourth-order valence-electron chi connectivity index (χ4n) is 4.28. The second kappa shape index (κ2) is 13.8. The van der Waals surface area contributed by atoms with Gasteiger partial charge in [-0.3, -0.25) is 0 Å². The van der Waals surface area contributed by atoms with Gasteiger partial charge in [0.1, 0.15) is 23.0 Å². The Morgan fingerprint density at radius 2 is 0.545 bits per heavy atom. The molecule has 6 aromatic rings. The summed E-state index contributed by atoms with van der Waals surface area (Å²) in [5, 5.41) is 2.00. The lowest BCUT2D eigenvalue weighted by Crippen LogP contribution is -2.09. The molecule has 0 saturated heterocycles. The normalized spacial score (nSPS) is 16.3. The van der Waals surface area contributed by atoms with Crippen LogP contribution in [0, 0.1) is 0 Å². The van der Waals surface area contributed by atoms with Gasteiger partial charge in [0.2, 0.25) is 0 Å². The second-order valence-electron chi connectivity index (χ2n) is 9.64. The first-order valence-corrected chi connectivity index (χ1v) is 17.9. The average Bonchev–Trinajstić information content (AvgIpc) is 3.08. The number of rotatable bonds is 2. The van der Waals surface area contributed by atoms with Crippen molar-refractivity contribution in [1.82, 2.24) is 0 Å². The number of hydrogen-bond donors (Lipinski definition) is 0. The highest BCUT2D eigenvalue weighted by Crippen LogP contribution is 2.43. The van der Waals surface area contributed by atoms with E-state index < -0.39 is 16.8 Å². The van der Waals surface area contributed by atoms with Crippen LogP contribution in [0.4, 0.5) is 0 Å². The van der Waals surface area contributed by atoms with E-state index in [2.05, 4.69) is 48.5 Å². The maximum Gasteiger partial charge on any atom is 0.326 e. The molecule has 7 aliphatic rings. The first kappa shape index (κ1) is 28.8.